The number of carbonyl (C=O) groups is 3. The third-order valence-electron chi connectivity index (χ3n) is 7.41. The van der Waals surface area contributed by atoms with Gasteiger partial charge in [-0.3, -0.25) is 14.4 Å². The predicted molar refractivity (Wildman–Crippen MR) is 133 cm³/mol. The highest BCUT2D eigenvalue weighted by atomic mass is 35.5. The molecule has 1 aliphatic carbocycles. The van der Waals surface area contributed by atoms with Gasteiger partial charge in [0.15, 0.2) is 17.3 Å². The van der Waals surface area contributed by atoms with Gasteiger partial charge in [-0.25, -0.2) is 0 Å². The Labute approximate surface area is 206 Å². The highest BCUT2D eigenvalue weighted by Crippen LogP contribution is 2.60. The molecule has 6 heteroatoms. The van der Waals surface area contributed by atoms with Crippen molar-refractivity contribution >= 4 is 52.3 Å². The van der Waals surface area contributed by atoms with E-state index in [0.717, 1.165) is 16.8 Å². The quantitative estimate of drug-likeness (QED) is 0.415. The van der Waals surface area contributed by atoms with E-state index in [4.69, 9.17) is 23.2 Å². The normalized spacial score (nSPS) is 23.7. The predicted octanol–water partition coefficient (Wildman–Crippen LogP) is 6.02. The molecule has 0 radical (unpaired) electrons. The maximum absolute atomic E-state index is 14.2. The van der Waals surface area contributed by atoms with Crippen LogP contribution in [0.25, 0.3) is 6.08 Å². The Bertz CT molecular complexity index is 1390. The zero-order valence-electron chi connectivity index (χ0n) is 18.2. The third-order valence-corrected chi connectivity index (χ3v) is 7.90. The van der Waals surface area contributed by atoms with Crippen molar-refractivity contribution in [1.82, 2.24) is 0 Å². The van der Waals surface area contributed by atoms with Crippen LogP contribution in [0.4, 0.5) is 5.69 Å². The minimum absolute atomic E-state index is 0.116. The molecule has 0 N–H and O–H groups in total. The number of anilines is 1. The van der Waals surface area contributed by atoms with Crippen molar-refractivity contribution in [2.75, 3.05) is 4.90 Å². The number of hydrogen-bond donors (Lipinski definition) is 0. The van der Waals surface area contributed by atoms with Crippen molar-refractivity contribution in [2.24, 2.45) is 5.41 Å². The third kappa shape index (κ3) is 2.64. The van der Waals surface area contributed by atoms with Crippen molar-refractivity contribution in [3.63, 3.8) is 0 Å². The molecular weight excluding hydrogens is 469 g/mol. The fourth-order valence-corrected chi connectivity index (χ4v) is 6.45. The van der Waals surface area contributed by atoms with Gasteiger partial charge in [0.1, 0.15) is 5.41 Å². The molecule has 0 unspecified atom stereocenters. The van der Waals surface area contributed by atoms with E-state index in [1.165, 1.54) is 6.92 Å². The monoisotopic (exact) mass is 487 g/mol. The zero-order chi connectivity index (χ0) is 23.8. The van der Waals surface area contributed by atoms with Crippen LogP contribution < -0.4 is 4.90 Å². The number of carbonyl (C=O) groups excluding carboxylic acids is 3. The first-order valence-corrected chi connectivity index (χ1v) is 11.8. The van der Waals surface area contributed by atoms with Crippen LogP contribution in [0.3, 0.4) is 0 Å². The molecule has 4 nitrogen and oxygen atoms in total. The lowest BCUT2D eigenvalue weighted by Crippen LogP contribution is -2.48. The molecule has 0 amide bonds. The Morgan fingerprint density at radius 2 is 1.50 bits per heavy atom. The summed E-state index contributed by atoms with van der Waals surface area (Å²) in [6.07, 6.45) is 3.78. The summed E-state index contributed by atoms with van der Waals surface area (Å²) in [5.41, 5.74) is 1.71. The molecule has 0 saturated carbocycles. The van der Waals surface area contributed by atoms with Crippen LogP contribution in [-0.2, 0) is 4.79 Å². The molecule has 168 valence electrons. The molecule has 3 aromatic carbocycles. The minimum atomic E-state index is -1.47. The number of ketones is 3. The second kappa shape index (κ2) is 7.39. The van der Waals surface area contributed by atoms with E-state index >= 15 is 0 Å². The van der Waals surface area contributed by atoms with E-state index in [0.29, 0.717) is 21.2 Å². The Morgan fingerprint density at radius 3 is 2.12 bits per heavy atom. The average molecular weight is 488 g/mol. The SMILES string of the molecule is CC(=O)[C@@H]1[C@H](c2ccc(Cl)cc2)C2(C(=O)c3ccccc3C2=O)[C@@H]2C=Cc3cc(Cl)ccc3N12. The van der Waals surface area contributed by atoms with E-state index in [2.05, 4.69) is 0 Å². The molecule has 6 rings (SSSR count). The number of halogens is 2. The maximum atomic E-state index is 14.2. The number of rotatable bonds is 2. The van der Waals surface area contributed by atoms with Gasteiger partial charge < -0.3 is 4.90 Å². The lowest BCUT2D eigenvalue weighted by Gasteiger charge is -2.37. The molecule has 34 heavy (non-hydrogen) atoms. The van der Waals surface area contributed by atoms with Gasteiger partial charge in [-0.05, 0) is 48.4 Å². The van der Waals surface area contributed by atoms with Crippen LogP contribution in [0, 0.1) is 5.41 Å². The van der Waals surface area contributed by atoms with Crippen LogP contribution >= 0.6 is 23.2 Å². The van der Waals surface area contributed by atoms with Gasteiger partial charge in [-0.2, -0.15) is 0 Å². The van der Waals surface area contributed by atoms with Crippen LogP contribution in [0.1, 0.15) is 44.7 Å². The van der Waals surface area contributed by atoms with Crippen LogP contribution in [0.5, 0.6) is 0 Å². The molecule has 1 saturated heterocycles. The summed E-state index contributed by atoms with van der Waals surface area (Å²) >= 11 is 12.4. The van der Waals surface area contributed by atoms with E-state index in [-0.39, 0.29) is 17.3 Å². The topological polar surface area (TPSA) is 54.5 Å². The van der Waals surface area contributed by atoms with Crippen LogP contribution in [0.15, 0.2) is 72.8 Å². The Hall–Kier alpha value is -3.21. The first kappa shape index (κ1) is 21.3. The molecule has 1 spiro atoms. The molecule has 0 bridgehead atoms. The molecular formula is C28H19Cl2NO3. The Kier molecular flexibility index (Phi) is 4.64. The highest BCUT2D eigenvalue weighted by molar-refractivity contribution is 6.33. The molecule has 3 aliphatic rings. The van der Waals surface area contributed by atoms with Gasteiger partial charge >= 0.3 is 0 Å². The number of fused-ring (bicyclic) bond motifs is 5. The van der Waals surface area contributed by atoms with Gasteiger partial charge in [-0.15, -0.1) is 0 Å². The van der Waals surface area contributed by atoms with Crippen LogP contribution in [-0.4, -0.2) is 29.4 Å². The lowest BCUT2D eigenvalue weighted by molar-refractivity contribution is -0.118. The number of nitrogens with zero attached hydrogens (tertiary/aromatic N) is 1. The second-order valence-electron chi connectivity index (χ2n) is 9.07. The highest BCUT2D eigenvalue weighted by Gasteiger charge is 2.71. The molecule has 3 aromatic rings. The number of hydrogen-bond acceptors (Lipinski definition) is 4. The first-order chi connectivity index (χ1) is 16.4. The van der Waals surface area contributed by atoms with E-state index in [1.807, 2.05) is 41.3 Å². The van der Waals surface area contributed by atoms with Gasteiger partial charge in [-0.1, -0.05) is 71.8 Å². The lowest BCUT2D eigenvalue weighted by atomic mass is 9.64. The first-order valence-electron chi connectivity index (χ1n) is 11.1. The molecule has 1 fully saturated rings. The number of Topliss-reactive ketones (excluding diaryl/α,β-unsaturated/α-hetero) is 3. The van der Waals surface area contributed by atoms with Gasteiger partial charge in [0.2, 0.25) is 0 Å². The smallest absolute Gasteiger partial charge is 0.180 e. The average Bonchev–Trinajstić information content (AvgIpc) is 3.26. The summed E-state index contributed by atoms with van der Waals surface area (Å²) in [5.74, 6) is -1.29. The van der Waals surface area contributed by atoms with Crippen molar-refractivity contribution in [3.8, 4) is 0 Å². The van der Waals surface area contributed by atoms with E-state index < -0.39 is 23.4 Å². The summed E-state index contributed by atoms with van der Waals surface area (Å²) in [5, 5.41) is 1.12. The summed E-state index contributed by atoms with van der Waals surface area (Å²) in [7, 11) is 0. The van der Waals surface area contributed by atoms with Crippen molar-refractivity contribution < 1.29 is 14.4 Å². The largest absolute Gasteiger partial charge is 0.352 e. The van der Waals surface area contributed by atoms with E-state index in [1.54, 1.807) is 42.5 Å². The van der Waals surface area contributed by atoms with Gasteiger partial charge in [0.25, 0.3) is 0 Å². The van der Waals surface area contributed by atoms with Crippen molar-refractivity contribution in [2.45, 2.75) is 24.9 Å². The van der Waals surface area contributed by atoms with Gasteiger partial charge in [0.05, 0.1) is 12.1 Å². The standard InChI is InChI=1S/C28H19Cl2NO3/c1-15(32)25-24(16-6-9-18(29)10-7-16)28(26(33)20-4-2-3-5-21(20)27(28)34)23-13-8-17-14-19(30)11-12-22(17)31(23)25/h2-14,23-25H,1H3/t23-,24-,25+/m0/s1. The van der Waals surface area contributed by atoms with E-state index in [9.17, 15) is 14.4 Å². The summed E-state index contributed by atoms with van der Waals surface area (Å²) < 4.78 is 0. The minimum Gasteiger partial charge on any atom is -0.352 e. The molecule has 3 atom stereocenters. The molecule has 0 aromatic heterocycles. The Balaban J connectivity index is 1.68. The fraction of sp³-hybridized carbons (Fsp3) is 0.179. The Morgan fingerprint density at radius 1 is 0.882 bits per heavy atom. The van der Waals surface area contributed by atoms with Crippen LogP contribution in [0.2, 0.25) is 10.0 Å². The number of benzene rings is 3. The van der Waals surface area contributed by atoms with Gasteiger partial charge in [0, 0.05) is 32.8 Å². The summed E-state index contributed by atoms with van der Waals surface area (Å²) in [4.78, 5) is 43.7. The van der Waals surface area contributed by atoms with Crippen molar-refractivity contribution in [3.05, 3.63) is 105 Å². The summed E-state index contributed by atoms with van der Waals surface area (Å²) in [6, 6.07) is 18.2. The molecule has 2 heterocycles. The molecule has 2 aliphatic heterocycles. The van der Waals surface area contributed by atoms with Crippen molar-refractivity contribution in [1.29, 1.82) is 0 Å². The fourth-order valence-electron chi connectivity index (χ4n) is 6.14. The zero-order valence-corrected chi connectivity index (χ0v) is 19.7. The summed E-state index contributed by atoms with van der Waals surface area (Å²) in [6.45, 7) is 1.52. The second-order valence-corrected chi connectivity index (χ2v) is 9.94. The maximum Gasteiger partial charge on any atom is 0.180 e.